The van der Waals surface area contributed by atoms with E-state index in [0.717, 1.165) is 18.4 Å². The molecule has 0 atom stereocenters. The number of aliphatic imine (C=N–C) groups is 1. The van der Waals surface area contributed by atoms with Gasteiger partial charge in [-0.05, 0) is 37.6 Å². The molecule has 0 aromatic heterocycles. The van der Waals surface area contributed by atoms with Crippen LogP contribution < -0.4 is 11.1 Å². The molecule has 0 aliphatic carbocycles. The van der Waals surface area contributed by atoms with Crippen LogP contribution in [0.5, 0.6) is 0 Å². The van der Waals surface area contributed by atoms with Gasteiger partial charge in [0.1, 0.15) is 0 Å². The highest BCUT2D eigenvalue weighted by Gasteiger charge is 2.32. The lowest BCUT2D eigenvalue weighted by molar-refractivity contribution is -0.137. The SMILES string of the molecule is CC(C)NC(N)=NCc1cc(C(F)(F)F)cc(S(C)(=O)=O)c1. The van der Waals surface area contributed by atoms with Gasteiger partial charge in [0.15, 0.2) is 15.8 Å². The third kappa shape index (κ3) is 5.55. The maximum absolute atomic E-state index is 12.8. The zero-order valence-electron chi connectivity index (χ0n) is 12.4. The number of nitrogens with two attached hydrogens (primary N) is 1. The Hall–Kier alpha value is -1.77. The van der Waals surface area contributed by atoms with Gasteiger partial charge in [0.25, 0.3) is 0 Å². The van der Waals surface area contributed by atoms with Crippen molar-refractivity contribution in [1.82, 2.24) is 5.32 Å². The molecule has 0 saturated heterocycles. The Morgan fingerprint density at radius 2 is 1.91 bits per heavy atom. The van der Waals surface area contributed by atoms with E-state index in [2.05, 4.69) is 10.3 Å². The summed E-state index contributed by atoms with van der Waals surface area (Å²) >= 11 is 0. The monoisotopic (exact) mass is 337 g/mol. The minimum absolute atomic E-state index is 0.0249. The number of sulfone groups is 1. The Labute approximate surface area is 127 Å². The first-order chi connectivity index (χ1) is 9.89. The molecule has 1 rings (SSSR count). The Morgan fingerprint density at radius 1 is 1.32 bits per heavy atom. The highest BCUT2D eigenvalue weighted by Crippen LogP contribution is 2.31. The minimum atomic E-state index is -4.64. The number of benzene rings is 1. The molecule has 0 aliphatic heterocycles. The molecule has 1 aromatic rings. The number of halogens is 3. The van der Waals surface area contributed by atoms with Gasteiger partial charge in [0.05, 0.1) is 17.0 Å². The Morgan fingerprint density at radius 3 is 2.36 bits per heavy atom. The Balaban J connectivity index is 3.20. The predicted molar refractivity (Wildman–Crippen MR) is 78.2 cm³/mol. The van der Waals surface area contributed by atoms with Crippen molar-refractivity contribution in [3.63, 3.8) is 0 Å². The second-order valence-electron chi connectivity index (χ2n) is 5.14. The van der Waals surface area contributed by atoms with Gasteiger partial charge in [-0.2, -0.15) is 13.2 Å². The molecule has 9 heteroatoms. The molecule has 124 valence electrons. The second-order valence-corrected chi connectivity index (χ2v) is 7.15. The van der Waals surface area contributed by atoms with E-state index in [4.69, 9.17) is 5.73 Å². The number of hydrogen-bond donors (Lipinski definition) is 2. The van der Waals surface area contributed by atoms with Crippen LogP contribution in [0.3, 0.4) is 0 Å². The molecule has 0 saturated carbocycles. The van der Waals surface area contributed by atoms with Gasteiger partial charge in [0.2, 0.25) is 0 Å². The fraction of sp³-hybridized carbons (Fsp3) is 0.462. The molecular formula is C13H18F3N3O2S. The molecule has 0 unspecified atom stereocenters. The van der Waals surface area contributed by atoms with Gasteiger partial charge < -0.3 is 11.1 Å². The van der Waals surface area contributed by atoms with Crippen molar-refractivity contribution < 1.29 is 21.6 Å². The van der Waals surface area contributed by atoms with Gasteiger partial charge in [-0.3, -0.25) is 0 Å². The van der Waals surface area contributed by atoms with Crippen LogP contribution in [0, 0.1) is 0 Å². The van der Waals surface area contributed by atoms with E-state index in [0.29, 0.717) is 6.07 Å². The van der Waals surface area contributed by atoms with Crippen molar-refractivity contribution in [2.24, 2.45) is 10.7 Å². The first-order valence-electron chi connectivity index (χ1n) is 6.37. The molecule has 0 amide bonds. The quantitative estimate of drug-likeness (QED) is 0.649. The van der Waals surface area contributed by atoms with Crippen LogP contribution in [0.25, 0.3) is 0 Å². The fourth-order valence-electron chi connectivity index (χ4n) is 1.65. The van der Waals surface area contributed by atoms with Crippen LogP contribution in [0.4, 0.5) is 13.2 Å². The third-order valence-electron chi connectivity index (χ3n) is 2.59. The van der Waals surface area contributed by atoms with Crippen molar-refractivity contribution in [2.75, 3.05) is 6.26 Å². The lowest BCUT2D eigenvalue weighted by atomic mass is 10.1. The van der Waals surface area contributed by atoms with Gasteiger partial charge >= 0.3 is 6.18 Å². The van der Waals surface area contributed by atoms with E-state index < -0.39 is 26.5 Å². The van der Waals surface area contributed by atoms with Crippen molar-refractivity contribution in [3.05, 3.63) is 29.3 Å². The van der Waals surface area contributed by atoms with E-state index in [9.17, 15) is 21.6 Å². The Kier molecular flexibility index (Phi) is 5.44. The van der Waals surface area contributed by atoms with Gasteiger partial charge in [-0.1, -0.05) is 0 Å². The molecule has 0 heterocycles. The summed E-state index contributed by atoms with van der Waals surface area (Å²) < 4.78 is 61.5. The van der Waals surface area contributed by atoms with Crippen molar-refractivity contribution >= 4 is 15.8 Å². The lowest BCUT2D eigenvalue weighted by Crippen LogP contribution is -2.36. The fourth-order valence-corrected chi connectivity index (χ4v) is 2.35. The number of rotatable bonds is 4. The second kappa shape index (κ2) is 6.55. The average molecular weight is 337 g/mol. The maximum Gasteiger partial charge on any atom is 0.416 e. The summed E-state index contributed by atoms with van der Waals surface area (Å²) in [5.41, 5.74) is 4.65. The van der Waals surface area contributed by atoms with E-state index in [-0.39, 0.29) is 24.1 Å². The number of alkyl halides is 3. The van der Waals surface area contributed by atoms with Gasteiger partial charge in [-0.15, -0.1) is 0 Å². The van der Waals surface area contributed by atoms with Crippen LogP contribution in [0.2, 0.25) is 0 Å². The average Bonchev–Trinajstić information content (AvgIpc) is 2.33. The highest BCUT2D eigenvalue weighted by molar-refractivity contribution is 7.90. The molecule has 0 bridgehead atoms. The van der Waals surface area contributed by atoms with E-state index in [1.807, 2.05) is 13.8 Å². The minimum Gasteiger partial charge on any atom is -0.370 e. The summed E-state index contributed by atoms with van der Waals surface area (Å²) in [5, 5.41) is 2.79. The summed E-state index contributed by atoms with van der Waals surface area (Å²) in [7, 11) is -3.76. The molecular weight excluding hydrogens is 319 g/mol. The molecule has 22 heavy (non-hydrogen) atoms. The van der Waals surface area contributed by atoms with E-state index in [1.165, 1.54) is 0 Å². The molecule has 0 aliphatic rings. The third-order valence-corrected chi connectivity index (χ3v) is 3.68. The highest BCUT2D eigenvalue weighted by atomic mass is 32.2. The lowest BCUT2D eigenvalue weighted by Gasteiger charge is -2.12. The summed E-state index contributed by atoms with van der Waals surface area (Å²) in [6.45, 7) is 3.50. The van der Waals surface area contributed by atoms with Crippen LogP contribution in [0.1, 0.15) is 25.0 Å². The molecule has 5 nitrogen and oxygen atoms in total. The molecule has 0 radical (unpaired) electrons. The van der Waals surface area contributed by atoms with Crippen molar-refractivity contribution in [2.45, 2.75) is 37.5 Å². The van der Waals surface area contributed by atoms with E-state index >= 15 is 0 Å². The molecule has 0 fully saturated rings. The number of hydrogen-bond acceptors (Lipinski definition) is 3. The standard InChI is InChI=1S/C13H18F3N3O2S/c1-8(2)19-12(17)18-7-9-4-10(13(14,15)16)6-11(5-9)22(3,20)21/h4-6,8H,7H2,1-3H3,(H3,17,18,19). The van der Waals surface area contributed by atoms with Crippen LogP contribution in [0.15, 0.2) is 28.1 Å². The summed E-state index contributed by atoms with van der Waals surface area (Å²) in [4.78, 5) is 3.50. The largest absolute Gasteiger partial charge is 0.416 e. The van der Waals surface area contributed by atoms with Crippen LogP contribution >= 0.6 is 0 Å². The summed E-state index contributed by atoms with van der Waals surface area (Å²) in [5.74, 6) is 0.0771. The zero-order chi connectivity index (χ0) is 17.1. The Bertz CT molecular complexity index is 668. The van der Waals surface area contributed by atoms with Crippen LogP contribution in [-0.2, 0) is 22.6 Å². The molecule has 0 spiro atoms. The van der Waals surface area contributed by atoms with Crippen molar-refractivity contribution in [1.29, 1.82) is 0 Å². The molecule has 3 N–H and O–H groups in total. The first kappa shape index (κ1) is 18.3. The van der Waals surface area contributed by atoms with Crippen LogP contribution in [-0.4, -0.2) is 26.7 Å². The number of nitrogens with zero attached hydrogens (tertiary/aromatic N) is 1. The van der Waals surface area contributed by atoms with Gasteiger partial charge in [-0.25, -0.2) is 13.4 Å². The smallest absolute Gasteiger partial charge is 0.370 e. The summed E-state index contributed by atoms with van der Waals surface area (Å²) in [6, 6.07) is 2.66. The number of nitrogens with one attached hydrogen (secondary N) is 1. The normalized spacial score (nSPS) is 13.5. The van der Waals surface area contributed by atoms with Crippen molar-refractivity contribution in [3.8, 4) is 0 Å². The van der Waals surface area contributed by atoms with E-state index in [1.54, 1.807) is 0 Å². The van der Waals surface area contributed by atoms with Gasteiger partial charge in [0, 0.05) is 12.3 Å². The molecule has 1 aromatic carbocycles. The zero-order valence-corrected chi connectivity index (χ0v) is 13.2. The maximum atomic E-state index is 12.8. The summed E-state index contributed by atoms with van der Waals surface area (Å²) in [6.07, 6.45) is -3.79. The predicted octanol–water partition coefficient (Wildman–Crippen LogP) is 1.92. The first-order valence-corrected chi connectivity index (χ1v) is 8.26. The number of guanidine groups is 1. The topological polar surface area (TPSA) is 84.5 Å².